The molecule has 1 heterocycles. The van der Waals surface area contributed by atoms with E-state index in [1.165, 1.54) is 16.4 Å². The Labute approximate surface area is 246 Å². The standard InChI is InChI=1S/C30H36ClFN4O4S/c1-2-34-24-16-23(17-25(18-24)36-12-6-7-13-41(36,39)40)30(38)35-28(15-21-8-4-3-5-9-21)29(37)20-33-19-22-10-11-27(32)26(31)14-22/h3-5,8-11,14,16-18,28-29,33-34,37H,2,6-7,12-13,15,19-20H2,1H3,(H,35,38)/t28-,29+/m0/s1. The van der Waals surface area contributed by atoms with Gasteiger partial charge in [0.1, 0.15) is 5.82 Å². The van der Waals surface area contributed by atoms with Crippen molar-refractivity contribution in [2.45, 2.75) is 44.9 Å². The van der Waals surface area contributed by atoms with Crippen LogP contribution in [0.2, 0.25) is 5.02 Å². The van der Waals surface area contributed by atoms with E-state index in [-0.39, 0.29) is 17.3 Å². The number of benzene rings is 3. The Kier molecular flexibility index (Phi) is 10.6. The fourth-order valence-electron chi connectivity index (χ4n) is 4.83. The predicted molar refractivity (Wildman–Crippen MR) is 161 cm³/mol. The first kappa shape index (κ1) is 30.8. The maximum absolute atomic E-state index is 13.6. The van der Waals surface area contributed by atoms with Gasteiger partial charge in [0.2, 0.25) is 10.0 Å². The molecule has 11 heteroatoms. The Morgan fingerprint density at radius 3 is 2.56 bits per heavy atom. The number of sulfonamides is 1. The minimum Gasteiger partial charge on any atom is -0.390 e. The van der Waals surface area contributed by atoms with Crippen LogP contribution in [0.5, 0.6) is 0 Å². The lowest BCUT2D eigenvalue weighted by Gasteiger charge is -2.29. The molecule has 0 unspecified atom stereocenters. The summed E-state index contributed by atoms with van der Waals surface area (Å²) in [4.78, 5) is 13.6. The third kappa shape index (κ3) is 8.42. The summed E-state index contributed by atoms with van der Waals surface area (Å²) in [7, 11) is -3.47. The zero-order chi connectivity index (χ0) is 29.4. The number of nitrogens with one attached hydrogen (secondary N) is 3. The number of aliphatic hydroxyl groups is 1. The topological polar surface area (TPSA) is 111 Å². The van der Waals surface area contributed by atoms with Crippen LogP contribution in [0, 0.1) is 5.82 Å². The molecule has 3 aromatic rings. The second-order valence-electron chi connectivity index (χ2n) is 10.1. The highest BCUT2D eigenvalue weighted by Gasteiger charge is 2.28. The molecule has 0 saturated carbocycles. The van der Waals surface area contributed by atoms with E-state index in [1.807, 2.05) is 37.3 Å². The summed E-state index contributed by atoms with van der Waals surface area (Å²) in [5.41, 5.74) is 3.05. The van der Waals surface area contributed by atoms with Gasteiger partial charge in [0.05, 0.1) is 28.6 Å². The summed E-state index contributed by atoms with van der Waals surface area (Å²) >= 11 is 5.88. The van der Waals surface area contributed by atoms with E-state index in [0.717, 1.165) is 17.5 Å². The van der Waals surface area contributed by atoms with Crippen LogP contribution < -0.4 is 20.3 Å². The summed E-state index contributed by atoms with van der Waals surface area (Å²) in [6.45, 7) is 3.38. The molecule has 8 nitrogen and oxygen atoms in total. The minimum atomic E-state index is -3.47. The number of aliphatic hydroxyl groups excluding tert-OH is 1. The number of carbonyl (C=O) groups is 1. The molecule has 2 atom stereocenters. The molecule has 0 bridgehead atoms. The second-order valence-corrected chi connectivity index (χ2v) is 12.5. The zero-order valence-electron chi connectivity index (χ0n) is 22.9. The van der Waals surface area contributed by atoms with Crippen molar-refractivity contribution >= 4 is 38.9 Å². The van der Waals surface area contributed by atoms with Gasteiger partial charge < -0.3 is 21.1 Å². The van der Waals surface area contributed by atoms with Crippen LogP contribution in [0.25, 0.3) is 0 Å². The number of rotatable bonds is 12. The smallest absolute Gasteiger partial charge is 0.251 e. The van der Waals surface area contributed by atoms with E-state index < -0.39 is 33.9 Å². The highest BCUT2D eigenvalue weighted by molar-refractivity contribution is 7.92. The Morgan fingerprint density at radius 1 is 1.07 bits per heavy atom. The average molecular weight is 603 g/mol. The number of nitrogens with zero attached hydrogens (tertiary/aromatic N) is 1. The van der Waals surface area contributed by atoms with Crippen molar-refractivity contribution in [2.75, 3.05) is 35.0 Å². The molecule has 1 aliphatic rings. The molecule has 1 amide bonds. The van der Waals surface area contributed by atoms with E-state index in [2.05, 4.69) is 16.0 Å². The molecule has 0 aromatic heterocycles. The highest BCUT2D eigenvalue weighted by Crippen LogP contribution is 2.28. The second kappa shape index (κ2) is 14.1. The monoisotopic (exact) mass is 602 g/mol. The van der Waals surface area contributed by atoms with Gasteiger partial charge in [-0.15, -0.1) is 0 Å². The minimum absolute atomic E-state index is 0.0237. The fourth-order valence-corrected chi connectivity index (χ4v) is 6.66. The molecular formula is C30H36ClFN4O4S. The van der Waals surface area contributed by atoms with Gasteiger partial charge in [-0.2, -0.15) is 0 Å². The van der Waals surface area contributed by atoms with Crippen LogP contribution in [0.1, 0.15) is 41.3 Å². The number of carbonyl (C=O) groups excluding carboxylic acids is 1. The van der Waals surface area contributed by atoms with Crippen molar-refractivity contribution in [1.82, 2.24) is 10.6 Å². The van der Waals surface area contributed by atoms with Crippen LogP contribution in [-0.2, 0) is 23.0 Å². The third-order valence-electron chi connectivity index (χ3n) is 6.94. The SMILES string of the molecule is CCNc1cc(C(=O)N[C@@H](Cc2ccccc2)[C@H](O)CNCc2ccc(F)c(Cl)c2)cc(N2CCCCS2(=O)=O)c1. The molecule has 0 spiro atoms. The Morgan fingerprint density at radius 2 is 1.85 bits per heavy atom. The third-order valence-corrected chi connectivity index (χ3v) is 9.10. The average Bonchev–Trinajstić information content (AvgIpc) is 2.95. The normalized spacial score (nSPS) is 16.1. The number of amides is 1. The van der Waals surface area contributed by atoms with E-state index in [9.17, 15) is 22.7 Å². The lowest BCUT2D eigenvalue weighted by Crippen LogP contribution is -2.48. The Bertz CT molecular complexity index is 1440. The van der Waals surface area contributed by atoms with Crippen molar-refractivity contribution in [3.8, 4) is 0 Å². The quantitative estimate of drug-likeness (QED) is 0.246. The molecule has 220 valence electrons. The Balaban J connectivity index is 1.53. The fraction of sp³-hybridized carbons (Fsp3) is 0.367. The van der Waals surface area contributed by atoms with Crippen molar-refractivity contribution in [1.29, 1.82) is 0 Å². The molecule has 1 fully saturated rings. The van der Waals surface area contributed by atoms with E-state index in [4.69, 9.17) is 11.6 Å². The zero-order valence-corrected chi connectivity index (χ0v) is 24.5. The summed E-state index contributed by atoms with van der Waals surface area (Å²) in [5, 5.41) is 20.5. The number of hydrogen-bond acceptors (Lipinski definition) is 6. The van der Waals surface area contributed by atoms with Crippen LogP contribution in [-0.4, -0.2) is 57.0 Å². The molecule has 41 heavy (non-hydrogen) atoms. The van der Waals surface area contributed by atoms with Crippen molar-refractivity contribution in [2.24, 2.45) is 0 Å². The summed E-state index contributed by atoms with van der Waals surface area (Å²) in [5.74, 6) is -0.853. The summed E-state index contributed by atoms with van der Waals surface area (Å²) in [6, 6.07) is 18.3. The van der Waals surface area contributed by atoms with Gasteiger partial charge >= 0.3 is 0 Å². The van der Waals surface area contributed by atoms with E-state index in [1.54, 1.807) is 24.3 Å². The largest absolute Gasteiger partial charge is 0.390 e. The van der Waals surface area contributed by atoms with E-state index >= 15 is 0 Å². The molecule has 4 N–H and O–H groups in total. The van der Waals surface area contributed by atoms with Gasteiger partial charge in [-0.25, -0.2) is 12.8 Å². The van der Waals surface area contributed by atoms with Crippen LogP contribution in [0.4, 0.5) is 15.8 Å². The van der Waals surface area contributed by atoms with Crippen LogP contribution in [0.15, 0.2) is 66.7 Å². The molecule has 1 saturated heterocycles. The molecule has 1 aliphatic heterocycles. The first-order valence-electron chi connectivity index (χ1n) is 13.7. The van der Waals surface area contributed by atoms with Crippen LogP contribution in [0.3, 0.4) is 0 Å². The Hall–Kier alpha value is -3.18. The van der Waals surface area contributed by atoms with Crippen molar-refractivity contribution in [3.63, 3.8) is 0 Å². The van der Waals surface area contributed by atoms with Gasteiger partial charge in [-0.3, -0.25) is 9.10 Å². The van der Waals surface area contributed by atoms with Gasteiger partial charge in [-0.1, -0.05) is 48.0 Å². The van der Waals surface area contributed by atoms with Gasteiger partial charge in [0.15, 0.2) is 0 Å². The van der Waals surface area contributed by atoms with Crippen molar-refractivity contribution < 1.29 is 22.7 Å². The molecule has 4 rings (SSSR count). The van der Waals surface area contributed by atoms with E-state index in [0.29, 0.717) is 49.4 Å². The van der Waals surface area contributed by atoms with Crippen LogP contribution >= 0.6 is 11.6 Å². The number of anilines is 2. The maximum Gasteiger partial charge on any atom is 0.251 e. The predicted octanol–water partition coefficient (Wildman–Crippen LogP) is 4.33. The lowest BCUT2D eigenvalue weighted by molar-refractivity contribution is 0.0830. The lowest BCUT2D eigenvalue weighted by atomic mass is 10.00. The maximum atomic E-state index is 13.6. The molecular weight excluding hydrogens is 567 g/mol. The summed E-state index contributed by atoms with van der Waals surface area (Å²) in [6.07, 6.45) is 0.765. The number of hydrogen-bond donors (Lipinski definition) is 4. The first-order valence-corrected chi connectivity index (χ1v) is 15.7. The molecule has 0 aliphatic carbocycles. The molecule has 3 aromatic carbocycles. The van der Waals surface area contributed by atoms with Crippen molar-refractivity contribution in [3.05, 3.63) is 94.3 Å². The van der Waals surface area contributed by atoms with Gasteiger partial charge in [0.25, 0.3) is 5.91 Å². The molecule has 0 radical (unpaired) electrons. The summed E-state index contributed by atoms with van der Waals surface area (Å²) < 4.78 is 40.4. The highest BCUT2D eigenvalue weighted by atomic mass is 35.5. The van der Waals surface area contributed by atoms with Gasteiger partial charge in [-0.05, 0) is 67.6 Å². The van der Waals surface area contributed by atoms with Gasteiger partial charge in [0, 0.05) is 37.4 Å². The number of halogens is 2. The first-order chi connectivity index (χ1) is 19.7.